The second-order valence-corrected chi connectivity index (χ2v) is 4.35. The van der Waals surface area contributed by atoms with E-state index in [0.29, 0.717) is 0 Å². The number of rotatable bonds is 3. The van der Waals surface area contributed by atoms with Crippen LogP contribution in [-0.4, -0.2) is 17.0 Å². The molecule has 2 N–H and O–H groups in total. The number of hydrogen-bond donors (Lipinski definition) is 2. The number of carbonyl (C=O) groups is 2. The van der Waals surface area contributed by atoms with Gasteiger partial charge in [-0.05, 0) is 30.7 Å². The minimum atomic E-state index is -4.42. The summed E-state index contributed by atoms with van der Waals surface area (Å²) in [5.41, 5.74) is -0.589. The topological polar surface area (TPSA) is 66.4 Å². The van der Waals surface area contributed by atoms with Crippen molar-refractivity contribution < 1.29 is 27.9 Å². The summed E-state index contributed by atoms with van der Waals surface area (Å²) in [5, 5.41) is 11.1. The standard InChI is InChI=1S/C12H10F3NO3/c13-12(14,15)6-1-3-7(4-2-6)16-10(17)8-5-9(8)11(18)19/h1-4,8-9H,5H2,(H,16,17)(H,18,19)/t8-,9-/m1/s1. The Morgan fingerprint density at radius 3 is 2.16 bits per heavy atom. The number of halogens is 3. The van der Waals surface area contributed by atoms with Crippen LogP contribution in [0.1, 0.15) is 12.0 Å². The van der Waals surface area contributed by atoms with Gasteiger partial charge in [-0.2, -0.15) is 13.2 Å². The molecule has 0 bridgehead atoms. The summed E-state index contributed by atoms with van der Waals surface area (Å²) in [6.07, 6.45) is -4.16. The fraction of sp³-hybridized carbons (Fsp3) is 0.333. The fourth-order valence-electron chi connectivity index (χ4n) is 1.74. The third-order valence-corrected chi connectivity index (χ3v) is 2.92. The van der Waals surface area contributed by atoms with E-state index in [1.807, 2.05) is 0 Å². The second kappa shape index (κ2) is 4.56. The summed E-state index contributed by atoms with van der Waals surface area (Å²) in [6.45, 7) is 0. The molecule has 0 aliphatic heterocycles. The highest BCUT2D eigenvalue weighted by Crippen LogP contribution is 2.39. The summed E-state index contributed by atoms with van der Waals surface area (Å²) in [7, 11) is 0. The highest BCUT2D eigenvalue weighted by atomic mass is 19.4. The molecule has 19 heavy (non-hydrogen) atoms. The van der Waals surface area contributed by atoms with Crippen molar-refractivity contribution in [2.24, 2.45) is 11.8 Å². The Morgan fingerprint density at radius 2 is 1.74 bits per heavy atom. The van der Waals surface area contributed by atoms with Crippen molar-refractivity contribution in [3.63, 3.8) is 0 Å². The van der Waals surface area contributed by atoms with Crippen molar-refractivity contribution in [2.45, 2.75) is 12.6 Å². The maximum Gasteiger partial charge on any atom is 0.416 e. The van der Waals surface area contributed by atoms with Crippen molar-refractivity contribution in [1.29, 1.82) is 0 Å². The zero-order valence-corrected chi connectivity index (χ0v) is 9.57. The van der Waals surface area contributed by atoms with Crippen LogP contribution in [0.4, 0.5) is 18.9 Å². The van der Waals surface area contributed by atoms with Crippen LogP contribution in [0.2, 0.25) is 0 Å². The van der Waals surface area contributed by atoms with Crippen LogP contribution in [0, 0.1) is 11.8 Å². The van der Waals surface area contributed by atoms with Gasteiger partial charge in [-0.25, -0.2) is 0 Å². The van der Waals surface area contributed by atoms with Crippen molar-refractivity contribution >= 4 is 17.6 Å². The monoisotopic (exact) mass is 273 g/mol. The van der Waals surface area contributed by atoms with Crippen LogP contribution in [0.3, 0.4) is 0 Å². The van der Waals surface area contributed by atoms with Crippen molar-refractivity contribution in [3.05, 3.63) is 29.8 Å². The van der Waals surface area contributed by atoms with Gasteiger partial charge in [0.25, 0.3) is 0 Å². The number of anilines is 1. The van der Waals surface area contributed by atoms with E-state index in [1.54, 1.807) is 0 Å². The summed E-state index contributed by atoms with van der Waals surface area (Å²) >= 11 is 0. The van der Waals surface area contributed by atoms with E-state index in [0.717, 1.165) is 24.3 Å². The Morgan fingerprint density at radius 1 is 1.16 bits per heavy atom. The minimum absolute atomic E-state index is 0.217. The molecule has 1 fully saturated rings. The van der Waals surface area contributed by atoms with Gasteiger partial charge in [0, 0.05) is 5.69 Å². The maximum atomic E-state index is 12.3. The summed E-state index contributed by atoms with van der Waals surface area (Å²) in [5.74, 6) is -2.80. The summed E-state index contributed by atoms with van der Waals surface area (Å²) in [6, 6.07) is 3.99. The molecular formula is C12H10F3NO3. The Balaban J connectivity index is 1.97. The Kier molecular flexibility index (Phi) is 3.21. The molecule has 1 saturated carbocycles. The largest absolute Gasteiger partial charge is 0.481 e. The minimum Gasteiger partial charge on any atom is -0.481 e. The van der Waals surface area contributed by atoms with Gasteiger partial charge in [0.1, 0.15) is 0 Å². The number of hydrogen-bond acceptors (Lipinski definition) is 2. The van der Waals surface area contributed by atoms with Gasteiger partial charge in [0.2, 0.25) is 5.91 Å². The highest BCUT2D eigenvalue weighted by molar-refractivity contribution is 5.98. The number of benzene rings is 1. The Labute approximate surface area is 106 Å². The first kappa shape index (κ1) is 13.4. The second-order valence-electron chi connectivity index (χ2n) is 4.35. The maximum absolute atomic E-state index is 12.3. The molecule has 1 aliphatic carbocycles. The molecule has 0 aromatic heterocycles. The lowest BCUT2D eigenvalue weighted by atomic mass is 10.2. The van der Waals surface area contributed by atoms with Crippen molar-refractivity contribution in [2.75, 3.05) is 5.32 Å². The van der Waals surface area contributed by atoms with E-state index < -0.39 is 35.5 Å². The van der Waals surface area contributed by atoms with Crippen LogP contribution in [-0.2, 0) is 15.8 Å². The van der Waals surface area contributed by atoms with Gasteiger partial charge in [0.15, 0.2) is 0 Å². The van der Waals surface area contributed by atoms with Crippen LogP contribution >= 0.6 is 0 Å². The smallest absolute Gasteiger partial charge is 0.416 e. The SMILES string of the molecule is O=C(O)[C@@H]1C[C@H]1C(=O)Nc1ccc(C(F)(F)F)cc1. The Bertz CT molecular complexity index is 510. The fourth-order valence-corrected chi connectivity index (χ4v) is 1.74. The molecule has 0 saturated heterocycles. The zero-order valence-electron chi connectivity index (χ0n) is 9.57. The van der Waals surface area contributed by atoms with Crippen LogP contribution < -0.4 is 5.32 Å². The number of nitrogens with one attached hydrogen (secondary N) is 1. The van der Waals surface area contributed by atoms with E-state index in [2.05, 4.69) is 5.32 Å². The first-order valence-corrected chi connectivity index (χ1v) is 5.50. The van der Waals surface area contributed by atoms with Crippen LogP contribution in [0.15, 0.2) is 24.3 Å². The van der Waals surface area contributed by atoms with Crippen molar-refractivity contribution in [3.8, 4) is 0 Å². The summed E-state index contributed by atoms with van der Waals surface area (Å²) < 4.78 is 36.9. The third kappa shape index (κ3) is 3.04. The van der Waals surface area contributed by atoms with E-state index in [4.69, 9.17) is 5.11 Å². The van der Waals surface area contributed by atoms with E-state index in [-0.39, 0.29) is 12.1 Å². The van der Waals surface area contributed by atoms with Gasteiger partial charge in [-0.1, -0.05) is 0 Å². The number of carboxylic acid groups (broad SMARTS) is 1. The molecule has 0 unspecified atom stereocenters. The molecule has 1 aromatic rings. The molecule has 2 atom stereocenters. The third-order valence-electron chi connectivity index (χ3n) is 2.92. The molecule has 0 spiro atoms. The van der Waals surface area contributed by atoms with E-state index in [9.17, 15) is 22.8 Å². The predicted octanol–water partition coefficient (Wildman–Crippen LogP) is 2.36. The summed E-state index contributed by atoms with van der Waals surface area (Å²) in [4.78, 5) is 22.2. The lowest BCUT2D eigenvalue weighted by Crippen LogP contribution is -2.17. The van der Waals surface area contributed by atoms with Gasteiger partial charge >= 0.3 is 12.1 Å². The quantitative estimate of drug-likeness (QED) is 0.888. The zero-order chi connectivity index (χ0) is 14.2. The number of aliphatic carboxylic acids is 1. The molecule has 1 aliphatic rings. The molecule has 1 amide bonds. The van der Waals surface area contributed by atoms with E-state index in [1.165, 1.54) is 0 Å². The van der Waals surface area contributed by atoms with E-state index >= 15 is 0 Å². The predicted molar refractivity (Wildman–Crippen MR) is 59.3 cm³/mol. The highest BCUT2D eigenvalue weighted by Gasteiger charge is 2.48. The van der Waals surface area contributed by atoms with Crippen LogP contribution in [0.5, 0.6) is 0 Å². The molecule has 4 nitrogen and oxygen atoms in total. The first-order valence-electron chi connectivity index (χ1n) is 5.50. The molecular weight excluding hydrogens is 263 g/mol. The molecule has 1 aromatic carbocycles. The number of amides is 1. The molecule has 0 radical (unpaired) electrons. The lowest BCUT2D eigenvalue weighted by Gasteiger charge is -2.08. The lowest BCUT2D eigenvalue weighted by molar-refractivity contribution is -0.140. The Hall–Kier alpha value is -2.05. The molecule has 0 heterocycles. The molecule has 2 rings (SSSR count). The number of carbonyl (C=O) groups excluding carboxylic acids is 1. The normalized spacial score (nSPS) is 21.8. The van der Waals surface area contributed by atoms with Gasteiger partial charge in [-0.3, -0.25) is 9.59 Å². The average molecular weight is 273 g/mol. The first-order chi connectivity index (χ1) is 8.79. The molecule has 7 heteroatoms. The number of alkyl halides is 3. The van der Waals surface area contributed by atoms with Crippen molar-refractivity contribution in [1.82, 2.24) is 0 Å². The average Bonchev–Trinajstić information content (AvgIpc) is 3.08. The number of carboxylic acids is 1. The van der Waals surface area contributed by atoms with Gasteiger partial charge in [0.05, 0.1) is 17.4 Å². The van der Waals surface area contributed by atoms with Gasteiger partial charge < -0.3 is 10.4 Å². The molecule has 102 valence electrons. The van der Waals surface area contributed by atoms with Gasteiger partial charge in [-0.15, -0.1) is 0 Å². The van der Waals surface area contributed by atoms with Crippen LogP contribution in [0.25, 0.3) is 0 Å².